The van der Waals surface area contributed by atoms with E-state index in [0.717, 1.165) is 5.56 Å². The number of ether oxygens (including phenoxy) is 1. The highest BCUT2D eigenvalue weighted by atomic mass is 16.6. The molecule has 0 aliphatic rings. The van der Waals surface area contributed by atoms with Gasteiger partial charge in [0, 0.05) is 13.5 Å². The van der Waals surface area contributed by atoms with Crippen LogP contribution < -0.4 is 15.5 Å². The molecule has 0 radical (unpaired) electrons. The number of carbonyl (C=O) groups is 2. The smallest absolute Gasteiger partial charge is 0.408 e. The lowest BCUT2D eigenvalue weighted by atomic mass is 10.1. The van der Waals surface area contributed by atoms with E-state index >= 15 is 0 Å². The summed E-state index contributed by atoms with van der Waals surface area (Å²) >= 11 is 0. The first-order valence-corrected chi connectivity index (χ1v) is 9.35. The number of H-pyrrole nitrogens is 1. The van der Waals surface area contributed by atoms with Gasteiger partial charge in [-0.2, -0.15) is 0 Å². The minimum Gasteiger partial charge on any atom is -0.444 e. The van der Waals surface area contributed by atoms with Crippen molar-refractivity contribution in [2.45, 2.75) is 45.8 Å². The molecule has 0 fully saturated rings. The molecule has 0 aliphatic carbocycles. The third-order valence-electron chi connectivity index (χ3n) is 4.03. The number of aromatic nitrogens is 2. The zero-order valence-electron chi connectivity index (χ0n) is 17.6. The second-order valence-electron chi connectivity index (χ2n) is 7.67. The number of nitrogens with one attached hydrogen (secondary N) is 3. The van der Waals surface area contributed by atoms with E-state index in [1.54, 1.807) is 27.8 Å². The molecule has 0 saturated heterocycles. The lowest BCUT2D eigenvalue weighted by Gasteiger charge is -2.23. The quantitative estimate of drug-likeness (QED) is 0.688. The van der Waals surface area contributed by atoms with E-state index in [1.165, 1.54) is 11.1 Å². The Morgan fingerprint density at radius 1 is 1.31 bits per heavy atom. The zero-order valence-corrected chi connectivity index (χ0v) is 17.6. The minimum absolute atomic E-state index is 0.360. The molecule has 0 bridgehead atoms. The van der Waals surface area contributed by atoms with Crippen molar-refractivity contribution in [2.75, 3.05) is 11.9 Å². The summed E-state index contributed by atoms with van der Waals surface area (Å²) in [4.78, 5) is 33.6. The number of hydrogen-bond acceptors (Lipinski definition) is 4. The SMILES string of the molecule is C=CNC(=O)N(C)c1nc(C(Cc2ccccc2)NC(=O)OC(C)(C)C)[nH]c1C. The van der Waals surface area contributed by atoms with Gasteiger partial charge in [0.15, 0.2) is 5.82 Å². The number of aromatic amines is 1. The van der Waals surface area contributed by atoms with Gasteiger partial charge in [-0.1, -0.05) is 36.9 Å². The van der Waals surface area contributed by atoms with Crippen LogP contribution in [0.1, 0.15) is 43.9 Å². The van der Waals surface area contributed by atoms with Crippen LogP contribution in [0.2, 0.25) is 0 Å². The van der Waals surface area contributed by atoms with Gasteiger partial charge in [0.25, 0.3) is 0 Å². The topological polar surface area (TPSA) is 99.4 Å². The lowest BCUT2D eigenvalue weighted by molar-refractivity contribution is 0.0501. The van der Waals surface area contributed by atoms with Crippen molar-refractivity contribution < 1.29 is 14.3 Å². The average Bonchev–Trinajstić information content (AvgIpc) is 3.01. The molecule has 1 unspecified atom stereocenters. The summed E-state index contributed by atoms with van der Waals surface area (Å²) in [5.41, 5.74) is 1.11. The normalized spacial score (nSPS) is 12.0. The highest BCUT2D eigenvalue weighted by molar-refractivity contribution is 5.91. The van der Waals surface area contributed by atoms with Gasteiger partial charge in [0.1, 0.15) is 11.4 Å². The highest BCUT2D eigenvalue weighted by Gasteiger charge is 2.25. The summed E-state index contributed by atoms with van der Waals surface area (Å²) < 4.78 is 5.40. The third kappa shape index (κ3) is 6.38. The van der Waals surface area contributed by atoms with Gasteiger partial charge in [-0.3, -0.25) is 4.90 Å². The molecule has 8 nitrogen and oxygen atoms in total. The monoisotopic (exact) mass is 399 g/mol. The van der Waals surface area contributed by atoms with Crippen molar-refractivity contribution in [1.29, 1.82) is 0 Å². The van der Waals surface area contributed by atoms with Crippen LogP contribution in [0.25, 0.3) is 0 Å². The zero-order chi connectivity index (χ0) is 21.6. The predicted octanol–water partition coefficient (Wildman–Crippen LogP) is 3.82. The number of nitrogens with zero attached hydrogens (tertiary/aromatic N) is 2. The van der Waals surface area contributed by atoms with E-state index in [1.807, 2.05) is 37.3 Å². The Hall–Kier alpha value is -3.29. The third-order valence-corrected chi connectivity index (χ3v) is 4.03. The van der Waals surface area contributed by atoms with Crippen molar-refractivity contribution in [1.82, 2.24) is 20.6 Å². The molecule has 0 saturated carbocycles. The number of hydrogen-bond donors (Lipinski definition) is 3. The molecule has 29 heavy (non-hydrogen) atoms. The Balaban J connectivity index is 2.30. The minimum atomic E-state index is -0.616. The molecular formula is C21H29N5O3. The predicted molar refractivity (Wildman–Crippen MR) is 113 cm³/mol. The molecule has 1 heterocycles. The molecule has 2 rings (SSSR count). The van der Waals surface area contributed by atoms with Gasteiger partial charge >= 0.3 is 12.1 Å². The van der Waals surface area contributed by atoms with Gasteiger partial charge in [0.05, 0.1) is 11.7 Å². The average molecular weight is 399 g/mol. The highest BCUT2D eigenvalue weighted by Crippen LogP contribution is 2.23. The fraction of sp³-hybridized carbons (Fsp3) is 0.381. The molecule has 0 spiro atoms. The summed E-state index contributed by atoms with van der Waals surface area (Å²) in [5.74, 6) is 0.994. The molecule has 8 heteroatoms. The summed E-state index contributed by atoms with van der Waals surface area (Å²) in [7, 11) is 1.61. The number of imidazole rings is 1. The summed E-state index contributed by atoms with van der Waals surface area (Å²) in [5, 5.41) is 5.40. The Bertz CT molecular complexity index is 855. The fourth-order valence-corrected chi connectivity index (χ4v) is 2.76. The van der Waals surface area contributed by atoms with E-state index in [2.05, 4.69) is 27.2 Å². The maximum Gasteiger partial charge on any atom is 0.408 e. The molecule has 1 aromatic carbocycles. The lowest BCUT2D eigenvalue weighted by Crippen LogP contribution is -2.36. The van der Waals surface area contributed by atoms with Crippen LogP contribution in [0.15, 0.2) is 43.1 Å². The van der Waals surface area contributed by atoms with E-state index < -0.39 is 17.7 Å². The van der Waals surface area contributed by atoms with E-state index in [4.69, 9.17) is 4.74 Å². The van der Waals surface area contributed by atoms with Crippen molar-refractivity contribution in [3.05, 3.63) is 60.2 Å². The number of alkyl carbamates (subject to hydrolysis) is 1. The summed E-state index contributed by atoms with van der Waals surface area (Å²) in [6, 6.07) is 8.94. The van der Waals surface area contributed by atoms with Crippen LogP contribution in [0, 0.1) is 6.92 Å². The molecule has 2 aromatic rings. The van der Waals surface area contributed by atoms with Crippen molar-refractivity contribution >= 4 is 17.9 Å². The first-order valence-electron chi connectivity index (χ1n) is 9.35. The van der Waals surface area contributed by atoms with Gasteiger partial charge in [-0.05, 0) is 39.5 Å². The van der Waals surface area contributed by atoms with Crippen LogP contribution in [0.4, 0.5) is 15.4 Å². The molecular weight excluding hydrogens is 370 g/mol. The molecule has 0 aliphatic heterocycles. The molecule has 3 N–H and O–H groups in total. The number of urea groups is 1. The summed E-state index contributed by atoms with van der Waals surface area (Å²) in [6.07, 6.45) is 1.28. The number of benzene rings is 1. The molecule has 1 atom stereocenters. The second-order valence-corrected chi connectivity index (χ2v) is 7.67. The van der Waals surface area contributed by atoms with Crippen molar-refractivity contribution in [3.63, 3.8) is 0 Å². The van der Waals surface area contributed by atoms with E-state index in [-0.39, 0.29) is 6.03 Å². The van der Waals surface area contributed by atoms with Crippen molar-refractivity contribution in [3.8, 4) is 0 Å². The van der Waals surface area contributed by atoms with Gasteiger partial charge in [-0.15, -0.1) is 0 Å². The van der Waals surface area contributed by atoms with E-state index in [0.29, 0.717) is 23.8 Å². The summed E-state index contributed by atoms with van der Waals surface area (Å²) in [6.45, 7) is 10.7. The Morgan fingerprint density at radius 2 is 1.97 bits per heavy atom. The Kier molecular flexibility index (Phi) is 7.03. The van der Waals surface area contributed by atoms with Crippen LogP contribution in [0.5, 0.6) is 0 Å². The fourth-order valence-electron chi connectivity index (χ4n) is 2.76. The maximum atomic E-state index is 12.4. The first kappa shape index (κ1) is 22.0. The number of rotatable bonds is 6. The molecule has 156 valence electrons. The molecule has 3 amide bonds. The van der Waals surface area contributed by atoms with Gasteiger partial charge in [-0.25, -0.2) is 14.6 Å². The Labute approximate surface area is 171 Å². The molecule has 1 aromatic heterocycles. The van der Waals surface area contributed by atoms with Crippen LogP contribution in [-0.4, -0.2) is 34.7 Å². The van der Waals surface area contributed by atoms with Gasteiger partial charge < -0.3 is 20.4 Å². The van der Waals surface area contributed by atoms with Crippen LogP contribution >= 0.6 is 0 Å². The van der Waals surface area contributed by atoms with Crippen LogP contribution in [-0.2, 0) is 11.2 Å². The standard InChI is InChI=1S/C21H29N5O3/c1-7-22-19(27)26(6)18-14(2)23-17(25-18)16(13-15-11-9-8-10-12-15)24-20(28)29-21(3,4)5/h7-12,16H,1,13H2,2-6H3,(H,22,27)(H,23,25)(H,24,28). The first-order chi connectivity index (χ1) is 13.6. The second kappa shape index (κ2) is 9.27. The number of amides is 3. The number of anilines is 1. The number of carbonyl (C=O) groups excluding carboxylic acids is 2. The largest absolute Gasteiger partial charge is 0.444 e. The maximum absolute atomic E-state index is 12.4. The van der Waals surface area contributed by atoms with E-state index in [9.17, 15) is 9.59 Å². The van der Waals surface area contributed by atoms with Gasteiger partial charge in [0.2, 0.25) is 0 Å². The Morgan fingerprint density at radius 3 is 2.55 bits per heavy atom. The van der Waals surface area contributed by atoms with Crippen molar-refractivity contribution in [2.24, 2.45) is 0 Å². The number of aryl methyl sites for hydroxylation is 1. The van der Waals surface area contributed by atoms with Crippen LogP contribution in [0.3, 0.4) is 0 Å².